The molecule has 0 bridgehead atoms. The number of halogens is 3. The highest BCUT2D eigenvalue weighted by Crippen LogP contribution is 2.44. The average Bonchev–Trinajstić information content (AvgIpc) is 2.91. The SMILES string of the molecule is CCCCOc1ccc(C2CCC(c3ccc(C4CCC(C(O)CCC)CC4)c(F)c3F)CC2)cc1F. The van der Waals surface area contributed by atoms with E-state index >= 15 is 8.78 Å². The van der Waals surface area contributed by atoms with Crippen molar-refractivity contribution in [3.8, 4) is 5.75 Å². The predicted octanol–water partition coefficient (Wildman–Crippen LogP) is 9.16. The van der Waals surface area contributed by atoms with E-state index in [1.54, 1.807) is 24.3 Å². The first kappa shape index (κ1) is 28.0. The topological polar surface area (TPSA) is 29.5 Å². The summed E-state index contributed by atoms with van der Waals surface area (Å²) in [5.41, 5.74) is 1.94. The van der Waals surface area contributed by atoms with E-state index in [-0.39, 0.29) is 35.6 Å². The number of hydrogen-bond donors (Lipinski definition) is 1. The van der Waals surface area contributed by atoms with Gasteiger partial charge < -0.3 is 9.84 Å². The Hall–Kier alpha value is -2.01. The Bertz CT molecular complexity index is 1010. The highest BCUT2D eigenvalue weighted by atomic mass is 19.2. The summed E-state index contributed by atoms with van der Waals surface area (Å²) < 4.78 is 50.6. The summed E-state index contributed by atoms with van der Waals surface area (Å²) in [6.07, 6.45) is 9.89. The number of rotatable bonds is 10. The minimum absolute atomic E-state index is 0.0128. The van der Waals surface area contributed by atoms with Crippen LogP contribution >= 0.6 is 0 Å². The van der Waals surface area contributed by atoms with E-state index in [0.717, 1.165) is 82.6 Å². The molecule has 0 radical (unpaired) electrons. The minimum Gasteiger partial charge on any atom is -0.491 e. The second-order valence-electron chi connectivity index (χ2n) is 11.3. The zero-order valence-electron chi connectivity index (χ0n) is 22.5. The maximum absolute atomic E-state index is 15.3. The van der Waals surface area contributed by atoms with Crippen LogP contribution in [0.15, 0.2) is 30.3 Å². The number of aliphatic hydroxyl groups is 1. The molecule has 1 unspecified atom stereocenters. The van der Waals surface area contributed by atoms with E-state index in [1.165, 1.54) is 0 Å². The number of aliphatic hydroxyl groups excluding tert-OH is 1. The average molecular weight is 517 g/mol. The molecule has 2 aromatic carbocycles. The fourth-order valence-corrected chi connectivity index (χ4v) is 6.51. The third-order valence-electron chi connectivity index (χ3n) is 8.83. The first-order valence-corrected chi connectivity index (χ1v) is 14.5. The first-order chi connectivity index (χ1) is 17.9. The van der Waals surface area contributed by atoms with Crippen molar-refractivity contribution in [2.24, 2.45) is 5.92 Å². The molecular formula is C32H43F3O2. The third-order valence-corrected chi connectivity index (χ3v) is 8.83. The largest absolute Gasteiger partial charge is 0.491 e. The van der Waals surface area contributed by atoms with Crippen LogP contribution in [0.5, 0.6) is 5.75 Å². The Morgan fingerprint density at radius 1 is 0.784 bits per heavy atom. The van der Waals surface area contributed by atoms with E-state index < -0.39 is 11.6 Å². The summed E-state index contributed by atoms with van der Waals surface area (Å²) in [6.45, 7) is 4.66. The van der Waals surface area contributed by atoms with Gasteiger partial charge in [0.05, 0.1) is 12.7 Å². The first-order valence-electron chi connectivity index (χ1n) is 14.5. The van der Waals surface area contributed by atoms with Crippen molar-refractivity contribution < 1.29 is 23.0 Å². The Balaban J connectivity index is 1.35. The number of hydrogen-bond acceptors (Lipinski definition) is 2. The van der Waals surface area contributed by atoms with Gasteiger partial charge in [-0.2, -0.15) is 0 Å². The van der Waals surface area contributed by atoms with Crippen molar-refractivity contribution in [3.05, 3.63) is 64.5 Å². The van der Waals surface area contributed by atoms with E-state index in [4.69, 9.17) is 4.74 Å². The van der Waals surface area contributed by atoms with Crippen LogP contribution in [0.3, 0.4) is 0 Å². The van der Waals surface area contributed by atoms with Crippen LogP contribution in [0.2, 0.25) is 0 Å². The lowest BCUT2D eigenvalue weighted by molar-refractivity contribution is 0.0727. The molecule has 0 spiro atoms. The Kier molecular flexibility index (Phi) is 9.97. The fraction of sp³-hybridized carbons (Fsp3) is 0.625. The lowest BCUT2D eigenvalue weighted by atomic mass is 9.74. The van der Waals surface area contributed by atoms with Crippen LogP contribution in [-0.4, -0.2) is 17.8 Å². The molecule has 204 valence electrons. The van der Waals surface area contributed by atoms with Crippen molar-refractivity contribution in [1.82, 2.24) is 0 Å². The summed E-state index contributed by atoms with van der Waals surface area (Å²) in [7, 11) is 0. The van der Waals surface area contributed by atoms with Crippen LogP contribution in [0.1, 0.15) is 125 Å². The van der Waals surface area contributed by atoms with E-state index in [1.807, 2.05) is 6.07 Å². The van der Waals surface area contributed by atoms with Gasteiger partial charge in [-0.25, -0.2) is 13.2 Å². The van der Waals surface area contributed by atoms with Gasteiger partial charge in [0.25, 0.3) is 0 Å². The molecule has 0 amide bonds. The number of benzene rings is 2. The molecular weight excluding hydrogens is 473 g/mol. The lowest BCUT2D eigenvalue weighted by Crippen LogP contribution is -2.25. The molecule has 0 aliphatic heterocycles. The molecule has 2 aliphatic rings. The Morgan fingerprint density at radius 2 is 1.35 bits per heavy atom. The molecule has 0 heterocycles. The monoisotopic (exact) mass is 516 g/mol. The molecule has 0 saturated heterocycles. The van der Waals surface area contributed by atoms with Gasteiger partial charge in [-0.3, -0.25) is 0 Å². The van der Waals surface area contributed by atoms with E-state index in [9.17, 15) is 9.50 Å². The summed E-state index contributed by atoms with van der Waals surface area (Å²) in [6, 6.07) is 8.86. The molecule has 2 nitrogen and oxygen atoms in total. The summed E-state index contributed by atoms with van der Waals surface area (Å²) in [4.78, 5) is 0. The van der Waals surface area contributed by atoms with Crippen LogP contribution in [-0.2, 0) is 0 Å². The van der Waals surface area contributed by atoms with Gasteiger partial charge in [-0.05, 0) is 117 Å². The molecule has 1 atom stereocenters. The van der Waals surface area contributed by atoms with Gasteiger partial charge in [0.15, 0.2) is 23.2 Å². The van der Waals surface area contributed by atoms with Gasteiger partial charge in [0.1, 0.15) is 0 Å². The van der Waals surface area contributed by atoms with Crippen LogP contribution < -0.4 is 4.74 Å². The second kappa shape index (κ2) is 13.2. The van der Waals surface area contributed by atoms with Crippen molar-refractivity contribution in [3.63, 3.8) is 0 Å². The standard InChI is InChI=1S/C32H43F3O2/c1-3-5-19-37-30-18-15-25(20-28(30)33)21-7-9-22(10-8-21)26-16-17-27(32(35)31(26)34)23-11-13-24(14-12-23)29(36)6-4-2/h15-18,20-24,29,36H,3-14,19H2,1-2H3. The molecule has 0 aromatic heterocycles. The van der Waals surface area contributed by atoms with Gasteiger partial charge in [0.2, 0.25) is 0 Å². The third kappa shape index (κ3) is 6.71. The molecule has 2 aliphatic carbocycles. The normalized spacial score (nSPS) is 25.1. The van der Waals surface area contributed by atoms with E-state index in [0.29, 0.717) is 23.5 Å². The summed E-state index contributed by atoms with van der Waals surface area (Å²) >= 11 is 0. The number of unbranched alkanes of at least 4 members (excludes halogenated alkanes) is 1. The highest BCUT2D eigenvalue weighted by Gasteiger charge is 2.31. The van der Waals surface area contributed by atoms with Crippen molar-refractivity contribution >= 4 is 0 Å². The van der Waals surface area contributed by atoms with Crippen molar-refractivity contribution in [1.29, 1.82) is 0 Å². The summed E-state index contributed by atoms with van der Waals surface area (Å²) in [5, 5.41) is 10.3. The zero-order valence-corrected chi connectivity index (χ0v) is 22.5. The smallest absolute Gasteiger partial charge is 0.165 e. The lowest BCUT2D eigenvalue weighted by Gasteiger charge is -2.32. The molecule has 37 heavy (non-hydrogen) atoms. The van der Waals surface area contributed by atoms with Crippen molar-refractivity contribution in [2.45, 2.75) is 115 Å². The highest BCUT2D eigenvalue weighted by molar-refractivity contribution is 5.34. The van der Waals surface area contributed by atoms with Gasteiger partial charge >= 0.3 is 0 Å². The van der Waals surface area contributed by atoms with Gasteiger partial charge in [0, 0.05) is 0 Å². The van der Waals surface area contributed by atoms with Crippen LogP contribution in [0, 0.1) is 23.4 Å². The van der Waals surface area contributed by atoms with E-state index in [2.05, 4.69) is 13.8 Å². The number of ether oxygens (including phenoxy) is 1. The van der Waals surface area contributed by atoms with Crippen molar-refractivity contribution in [2.75, 3.05) is 6.61 Å². The Labute approximate surface area is 220 Å². The molecule has 5 heteroatoms. The fourth-order valence-electron chi connectivity index (χ4n) is 6.51. The molecule has 2 fully saturated rings. The maximum atomic E-state index is 15.3. The zero-order chi connectivity index (χ0) is 26.4. The second-order valence-corrected chi connectivity index (χ2v) is 11.3. The van der Waals surface area contributed by atoms with Crippen LogP contribution in [0.25, 0.3) is 0 Å². The quantitative estimate of drug-likeness (QED) is 0.319. The predicted molar refractivity (Wildman–Crippen MR) is 143 cm³/mol. The van der Waals surface area contributed by atoms with Gasteiger partial charge in [-0.15, -0.1) is 0 Å². The van der Waals surface area contributed by atoms with Crippen LogP contribution in [0.4, 0.5) is 13.2 Å². The molecule has 2 saturated carbocycles. The Morgan fingerprint density at radius 3 is 1.89 bits per heavy atom. The molecule has 4 rings (SSSR count). The maximum Gasteiger partial charge on any atom is 0.165 e. The van der Waals surface area contributed by atoms with Gasteiger partial charge in [-0.1, -0.05) is 44.9 Å². The minimum atomic E-state index is -0.686. The summed E-state index contributed by atoms with van der Waals surface area (Å²) in [5.74, 6) is -0.888. The molecule has 1 N–H and O–H groups in total. The molecule has 2 aromatic rings.